The Morgan fingerprint density at radius 3 is 2.80 bits per heavy atom. The zero-order chi connectivity index (χ0) is 14.5. The second kappa shape index (κ2) is 6.52. The molecule has 0 saturated heterocycles. The average molecular weight is 334 g/mol. The van der Waals surface area contributed by atoms with Crippen molar-refractivity contribution in [2.24, 2.45) is 0 Å². The molecule has 1 heterocycles. The molecule has 1 aromatic carbocycles. The maximum absolute atomic E-state index is 12.2. The highest BCUT2D eigenvalue weighted by Gasteiger charge is 2.09. The van der Waals surface area contributed by atoms with Gasteiger partial charge in [0.2, 0.25) is 0 Å². The third kappa shape index (κ3) is 3.57. The topological polar surface area (TPSA) is 54.0 Å². The third-order valence-corrected chi connectivity index (χ3v) is 3.27. The van der Waals surface area contributed by atoms with Gasteiger partial charge in [-0.15, -0.1) is 0 Å². The fraction of sp³-hybridized carbons (Fsp3) is 0.200. The second-order valence-electron chi connectivity index (χ2n) is 4.35. The normalized spacial score (nSPS) is 10.2. The van der Waals surface area contributed by atoms with Crippen LogP contribution < -0.4 is 10.6 Å². The van der Waals surface area contributed by atoms with Crippen LogP contribution in [0.15, 0.2) is 40.9 Å². The van der Waals surface area contributed by atoms with Crippen molar-refractivity contribution in [1.29, 1.82) is 0 Å². The number of benzene rings is 1. The Morgan fingerprint density at radius 1 is 1.30 bits per heavy atom. The number of carbonyl (C=O) groups is 1. The fourth-order valence-electron chi connectivity index (χ4n) is 1.79. The molecule has 2 rings (SSSR count). The SMILES string of the molecule is CCNc1cccc(C(=O)Nc2ccc(Br)cc2C)n1. The lowest BCUT2D eigenvalue weighted by Gasteiger charge is -2.09. The van der Waals surface area contributed by atoms with Gasteiger partial charge in [0.05, 0.1) is 0 Å². The van der Waals surface area contributed by atoms with E-state index in [0.717, 1.165) is 22.3 Å². The Balaban J connectivity index is 2.17. The van der Waals surface area contributed by atoms with Gasteiger partial charge in [-0.25, -0.2) is 4.98 Å². The van der Waals surface area contributed by atoms with Crippen molar-refractivity contribution < 1.29 is 4.79 Å². The first kappa shape index (κ1) is 14.5. The Morgan fingerprint density at radius 2 is 2.10 bits per heavy atom. The molecule has 0 aliphatic heterocycles. The minimum Gasteiger partial charge on any atom is -0.370 e. The molecule has 0 radical (unpaired) electrons. The Hall–Kier alpha value is -1.88. The number of nitrogens with one attached hydrogen (secondary N) is 2. The predicted molar refractivity (Wildman–Crippen MR) is 85.2 cm³/mol. The zero-order valence-corrected chi connectivity index (χ0v) is 13.0. The van der Waals surface area contributed by atoms with Crippen molar-refractivity contribution >= 4 is 33.3 Å². The minimum absolute atomic E-state index is 0.213. The number of halogens is 1. The number of nitrogens with zero attached hydrogens (tertiary/aromatic N) is 1. The van der Waals surface area contributed by atoms with Crippen molar-refractivity contribution in [2.45, 2.75) is 13.8 Å². The third-order valence-electron chi connectivity index (χ3n) is 2.78. The fourth-order valence-corrected chi connectivity index (χ4v) is 2.27. The Bertz CT molecular complexity index is 628. The molecule has 0 bridgehead atoms. The van der Waals surface area contributed by atoms with Gasteiger partial charge in [-0.2, -0.15) is 0 Å². The highest BCUT2D eigenvalue weighted by molar-refractivity contribution is 9.10. The number of carbonyl (C=O) groups excluding carboxylic acids is 1. The van der Waals surface area contributed by atoms with Gasteiger partial charge >= 0.3 is 0 Å². The van der Waals surface area contributed by atoms with Crippen molar-refractivity contribution in [1.82, 2.24) is 4.98 Å². The van der Waals surface area contributed by atoms with Crippen LogP contribution in [-0.2, 0) is 0 Å². The van der Waals surface area contributed by atoms with Gasteiger partial charge in [0.15, 0.2) is 0 Å². The van der Waals surface area contributed by atoms with Crippen LogP contribution in [0.5, 0.6) is 0 Å². The van der Waals surface area contributed by atoms with E-state index in [2.05, 4.69) is 31.5 Å². The highest BCUT2D eigenvalue weighted by Crippen LogP contribution is 2.20. The summed E-state index contributed by atoms with van der Waals surface area (Å²) < 4.78 is 0.986. The predicted octanol–water partition coefficient (Wildman–Crippen LogP) is 3.84. The summed E-state index contributed by atoms with van der Waals surface area (Å²) in [6, 6.07) is 11.1. The summed E-state index contributed by atoms with van der Waals surface area (Å²) in [6.45, 7) is 4.70. The summed E-state index contributed by atoms with van der Waals surface area (Å²) in [5.74, 6) is 0.489. The molecule has 1 aromatic heterocycles. The summed E-state index contributed by atoms with van der Waals surface area (Å²) >= 11 is 3.40. The number of pyridine rings is 1. The molecule has 2 N–H and O–H groups in total. The largest absolute Gasteiger partial charge is 0.370 e. The molecule has 0 unspecified atom stereocenters. The molecule has 1 amide bonds. The summed E-state index contributed by atoms with van der Waals surface area (Å²) in [5.41, 5.74) is 2.18. The van der Waals surface area contributed by atoms with Crippen LogP contribution in [0.25, 0.3) is 0 Å². The van der Waals surface area contributed by atoms with E-state index in [4.69, 9.17) is 0 Å². The lowest BCUT2D eigenvalue weighted by Crippen LogP contribution is -2.15. The van der Waals surface area contributed by atoms with Crippen LogP contribution in [0.1, 0.15) is 23.0 Å². The van der Waals surface area contributed by atoms with Crippen molar-refractivity contribution in [2.75, 3.05) is 17.2 Å². The molecule has 0 fully saturated rings. The van der Waals surface area contributed by atoms with Gasteiger partial charge in [0.25, 0.3) is 5.91 Å². The van der Waals surface area contributed by atoms with E-state index in [1.807, 2.05) is 44.2 Å². The molecule has 4 nitrogen and oxygen atoms in total. The number of aryl methyl sites for hydroxylation is 1. The number of hydrogen-bond donors (Lipinski definition) is 2. The van der Waals surface area contributed by atoms with Crippen molar-refractivity contribution in [3.8, 4) is 0 Å². The molecule has 5 heteroatoms. The molecule has 0 saturated carbocycles. The first-order valence-corrected chi connectivity index (χ1v) is 7.18. The summed E-state index contributed by atoms with van der Waals surface area (Å²) in [5, 5.41) is 5.96. The van der Waals surface area contributed by atoms with Crippen LogP contribution in [-0.4, -0.2) is 17.4 Å². The first-order valence-electron chi connectivity index (χ1n) is 6.38. The van der Waals surface area contributed by atoms with E-state index in [9.17, 15) is 4.79 Å². The van der Waals surface area contributed by atoms with E-state index >= 15 is 0 Å². The van der Waals surface area contributed by atoms with Gasteiger partial charge < -0.3 is 10.6 Å². The van der Waals surface area contributed by atoms with Crippen LogP contribution in [0.4, 0.5) is 11.5 Å². The molecule has 104 valence electrons. The lowest BCUT2D eigenvalue weighted by molar-refractivity contribution is 0.102. The first-order chi connectivity index (χ1) is 9.60. The van der Waals surface area contributed by atoms with Gasteiger partial charge in [-0.3, -0.25) is 4.79 Å². The van der Waals surface area contributed by atoms with Crippen LogP contribution >= 0.6 is 15.9 Å². The smallest absolute Gasteiger partial charge is 0.274 e. The average Bonchev–Trinajstić information content (AvgIpc) is 2.42. The maximum atomic E-state index is 12.2. The molecule has 2 aromatic rings. The quantitative estimate of drug-likeness (QED) is 0.893. The van der Waals surface area contributed by atoms with Gasteiger partial charge in [-0.1, -0.05) is 22.0 Å². The van der Waals surface area contributed by atoms with E-state index in [1.165, 1.54) is 0 Å². The van der Waals surface area contributed by atoms with E-state index < -0.39 is 0 Å². The van der Waals surface area contributed by atoms with Gasteiger partial charge in [0, 0.05) is 16.7 Å². The highest BCUT2D eigenvalue weighted by atomic mass is 79.9. The summed E-state index contributed by atoms with van der Waals surface area (Å²) in [6.07, 6.45) is 0. The van der Waals surface area contributed by atoms with E-state index in [-0.39, 0.29) is 5.91 Å². The standard InChI is InChI=1S/C15H16BrN3O/c1-3-17-14-6-4-5-13(18-14)15(20)19-12-8-7-11(16)9-10(12)2/h4-9H,3H2,1-2H3,(H,17,18)(H,19,20). The van der Waals surface area contributed by atoms with Crippen LogP contribution in [0, 0.1) is 6.92 Å². The monoisotopic (exact) mass is 333 g/mol. The zero-order valence-electron chi connectivity index (χ0n) is 11.4. The van der Waals surface area contributed by atoms with Gasteiger partial charge in [0.1, 0.15) is 11.5 Å². The summed E-state index contributed by atoms with van der Waals surface area (Å²) in [7, 11) is 0. The molecule has 20 heavy (non-hydrogen) atoms. The molecular formula is C15H16BrN3O. The number of amides is 1. The number of rotatable bonds is 4. The van der Waals surface area contributed by atoms with Crippen molar-refractivity contribution in [3.63, 3.8) is 0 Å². The van der Waals surface area contributed by atoms with Crippen LogP contribution in [0.3, 0.4) is 0 Å². The molecule has 0 spiro atoms. The molecule has 0 aliphatic carbocycles. The number of aromatic nitrogens is 1. The minimum atomic E-state index is -0.213. The molecule has 0 atom stereocenters. The van der Waals surface area contributed by atoms with E-state index in [0.29, 0.717) is 11.5 Å². The molecular weight excluding hydrogens is 318 g/mol. The summed E-state index contributed by atoms with van der Waals surface area (Å²) in [4.78, 5) is 16.5. The second-order valence-corrected chi connectivity index (χ2v) is 5.27. The van der Waals surface area contributed by atoms with Gasteiger partial charge in [-0.05, 0) is 49.7 Å². The van der Waals surface area contributed by atoms with Crippen molar-refractivity contribution in [3.05, 3.63) is 52.1 Å². The lowest BCUT2D eigenvalue weighted by atomic mass is 10.2. The number of hydrogen-bond acceptors (Lipinski definition) is 3. The Kier molecular flexibility index (Phi) is 4.74. The number of anilines is 2. The van der Waals surface area contributed by atoms with E-state index in [1.54, 1.807) is 6.07 Å². The molecule has 0 aliphatic rings. The maximum Gasteiger partial charge on any atom is 0.274 e. The van der Waals surface area contributed by atoms with Crippen LogP contribution in [0.2, 0.25) is 0 Å². The Labute approximate surface area is 126 Å².